The zero-order chi connectivity index (χ0) is 14.0. The number of hydrogen-bond donors (Lipinski definition) is 1. The Morgan fingerprint density at radius 2 is 2.11 bits per heavy atom. The molecule has 100 valence electrons. The summed E-state index contributed by atoms with van der Waals surface area (Å²) in [6.07, 6.45) is 0. The van der Waals surface area contributed by atoms with Crippen molar-refractivity contribution in [2.45, 2.75) is 20.4 Å². The number of aromatic nitrogens is 2. The van der Waals surface area contributed by atoms with E-state index in [1.807, 2.05) is 32.0 Å². The molecule has 0 aliphatic carbocycles. The van der Waals surface area contributed by atoms with Crippen LogP contribution in [0.1, 0.15) is 12.5 Å². The van der Waals surface area contributed by atoms with Gasteiger partial charge in [0.1, 0.15) is 11.4 Å². The van der Waals surface area contributed by atoms with E-state index in [0.717, 1.165) is 11.1 Å². The van der Waals surface area contributed by atoms with Gasteiger partial charge in [0, 0.05) is 12.1 Å². The average molecular weight is 259 g/mol. The molecule has 1 aromatic carbocycles. The summed E-state index contributed by atoms with van der Waals surface area (Å²) in [6.45, 7) is 4.32. The van der Waals surface area contributed by atoms with E-state index in [-0.39, 0.29) is 11.2 Å². The van der Waals surface area contributed by atoms with Crippen molar-refractivity contribution >= 4 is 5.69 Å². The number of rotatable bonds is 3. The first-order valence-electron chi connectivity index (χ1n) is 6.09. The maximum absolute atomic E-state index is 11.7. The summed E-state index contributed by atoms with van der Waals surface area (Å²) < 4.78 is 6.68. The Morgan fingerprint density at radius 1 is 1.37 bits per heavy atom. The highest BCUT2D eigenvalue weighted by Crippen LogP contribution is 2.29. The lowest BCUT2D eigenvalue weighted by molar-refractivity contribution is 0.416. The van der Waals surface area contributed by atoms with Crippen molar-refractivity contribution < 1.29 is 4.74 Å². The molecule has 0 saturated heterocycles. The molecule has 0 amide bonds. The van der Waals surface area contributed by atoms with E-state index >= 15 is 0 Å². The van der Waals surface area contributed by atoms with Gasteiger partial charge in [-0.25, -0.2) is 4.68 Å². The second-order valence-corrected chi connectivity index (χ2v) is 4.31. The second-order valence-electron chi connectivity index (χ2n) is 4.31. The minimum Gasteiger partial charge on any atom is -0.496 e. The number of anilines is 1. The highest BCUT2D eigenvalue weighted by molar-refractivity contribution is 5.69. The van der Waals surface area contributed by atoms with Crippen molar-refractivity contribution in [2.24, 2.45) is 0 Å². The molecular weight excluding hydrogens is 242 g/mol. The topological polar surface area (TPSA) is 70.1 Å². The van der Waals surface area contributed by atoms with Crippen LogP contribution in [0.2, 0.25) is 0 Å². The van der Waals surface area contributed by atoms with Crippen LogP contribution in [0.4, 0.5) is 5.69 Å². The molecule has 5 heteroatoms. The third-order valence-corrected chi connectivity index (χ3v) is 2.93. The average Bonchev–Trinajstić information content (AvgIpc) is 2.41. The fourth-order valence-electron chi connectivity index (χ4n) is 1.93. The smallest absolute Gasteiger partial charge is 0.289 e. The molecule has 0 atom stereocenters. The van der Waals surface area contributed by atoms with Gasteiger partial charge in [0.25, 0.3) is 5.56 Å². The number of methoxy groups -OCH3 is 1. The molecule has 2 aromatic rings. The van der Waals surface area contributed by atoms with Gasteiger partial charge in [0.05, 0.1) is 12.8 Å². The highest BCUT2D eigenvalue weighted by Gasteiger charge is 2.11. The summed E-state index contributed by atoms with van der Waals surface area (Å²) in [5.41, 5.74) is 8.23. The van der Waals surface area contributed by atoms with Crippen molar-refractivity contribution in [1.82, 2.24) is 9.78 Å². The Kier molecular flexibility index (Phi) is 3.55. The molecule has 0 bridgehead atoms. The first-order valence-corrected chi connectivity index (χ1v) is 6.09. The molecule has 19 heavy (non-hydrogen) atoms. The predicted octanol–water partition coefficient (Wildman–Crippen LogP) is 1.83. The third kappa shape index (κ3) is 2.45. The van der Waals surface area contributed by atoms with Crippen molar-refractivity contribution in [3.05, 3.63) is 40.2 Å². The van der Waals surface area contributed by atoms with Gasteiger partial charge in [0.2, 0.25) is 0 Å². The monoisotopic (exact) mass is 259 g/mol. The van der Waals surface area contributed by atoms with Crippen LogP contribution < -0.4 is 16.0 Å². The first-order chi connectivity index (χ1) is 9.06. The van der Waals surface area contributed by atoms with Crippen molar-refractivity contribution in [3.63, 3.8) is 0 Å². The van der Waals surface area contributed by atoms with Gasteiger partial charge in [-0.05, 0) is 32.0 Å². The van der Waals surface area contributed by atoms with E-state index in [4.69, 9.17) is 10.5 Å². The van der Waals surface area contributed by atoms with Gasteiger partial charge in [-0.1, -0.05) is 11.6 Å². The number of benzene rings is 1. The molecule has 5 nitrogen and oxygen atoms in total. The molecule has 0 aliphatic heterocycles. The zero-order valence-corrected chi connectivity index (χ0v) is 11.3. The number of ether oxygens (including phenoxy) is 1. The Labute approximate surface area is 111 Å². The molecule has 0 fully saturated rings. The minimum atomic E-state index is -0.266. The van der Waals surface area contributed by atoms with Gasteiger partial charge in [0.15, 0.2) is 0 Å². The Hall–Kier alpha value is -2.30. The van der Waals surface area contributed by atoms with Crippen LogP contribution in [-0.4, -0.2) is 16.9 Å². The maximum atomic E-state index is 11.7. The molecule has 1 aromatic heterocycles. The molecule has 0 saturated carbocycles. The van der Waals surface area contributed by atoms with Gasteiger partial charge < -0.3 is 10.5 Å². The molecule has 0 aliphatic rings. The fraction of sp³-hybridized carbons (Fsp3) is 0.286. The quantitative estimate of drug-likeness (QED) is 0.913. The minimum absolute atomic E-state index is 0.190. The van der Waals surface area contributed by atoms with E-state index in [1.165, 1.54) is 4.68 Å². The second kappa shape index (κ2) is 5.14. The van der Waals surface area contributed by atoms with E-state index in [0.29, 0.717) is 18.0 Å². The number of nitrogen functional groups attached to an aromatic ring is 1. The van der Waals surface area contributed by atoms with Crippen LogP contribution in [0.25, 0.3) is 11.3 Å². The van der Waals surface area contributed by atoms with Crippen molar-refractivity contribution in [3.8, 4) is 17.0 Å². The van der Waals surface area contributed by atoms with Gasteiger partial charge in [-0.2, -0.15) is 5.10 Å². The maximum Gasteiger partial charge on any atom is 0.289 e. The zero-order valence-electron chi connectivity index (χ0n) is 11.3. The summed E-state index contributed by atoms with van der Waals surface area (Å²) >= 11 is 0. The molecular formula is C14H17N3O2. The number of aryl methyl sites for hydroxylation is 2. The summed E-state index contributed by atoms with van der Waals surface area (Å²) in [4.78, 5) is 11.7. The Bertz CT molecular complexity index is 662. The summed E-state index contributed by atoms with van der Waals surface area (Å²) in [7, 11) is 1.60. The molecule has 0 spiro atoms. The molecule has 2 N–H and O–H groups in total. The van der Waals surface area contributed by atoms with Crippen LogP contribution in [-0.2, 0) is 6.54 Å². The highest BCUT2D eigenvalue weighted by atomic mass is 16.5. The molecule has 2 rings (SSSR count). The van der Waals surface area contributed by atoms with Gasteiger partial charge in [-0.3, -0.25) is 4.79 Å². The molecule has 1 heterocycles. The fourth-order valence-corrected chi connectivity index (χ4v) is 1.93. The van der Waals surface area contributed by atoms with Crippen LogP contribution in [0, 0.1) is 6.92 Å². The summed E-state index contributed by atoms with van der Waals surface area (Å²) in [6, 6.07) is 7.39. The Morgan fingerprint density at radius 3 is 2.74 bits per heavy atom. The number of hydrogen-bond acceptors (Lipinski definition) is 4. The van der Waals surface area contributed by atoms with Crippen molar-refractivity contribution in [1.29, 1.82) is 0 Å². The number of nitrogens with two attached hydrogens (primary N) is 1. The third-order valence-electron chi connectivity index (χ3n) is 2.93. The van der Waals surface area contributed by atoms with Crippen LogP contribution in [0.15, 0.2) is 29.1 Å². The summed E-state index contributed by atoms with van der Waals surface area (Å²) in [5.74, 6) is 0.707. The van der Waals surface area contributed by atoms with E-state index in [2.05, 4.69) is 5.10 Å². The summed E-state index contributed by atoms with van der Waals surface area (Å²) in [5, 5.41) is 4.32. The normalized spacial score (nSPS) is 10.5. The predicted molar refractivity (Wildman–Crippen MR) is 75.3 cm³/mol. The van der Waals surface area contributed by atoms with E-state index in [9.17, 15) is 4.79 Å². The molecule has 0 unspecified atom stereocenters. The lowest BCUT2D eigenvalue weighted by atomic mass is 10.1. The van der Waals surface area contributed by atoms with Crippen molar-refractivity contribution in [2.75, 3.05) is 12.8 Å². The molecule has 0 radical (unpaired) electrons. The SMILES string of the molecule is CCn1nc(-c2cc(C)ccc2OC)cc(N)c1=O. The van der Waals surface area contributed by atoms with Crippen LogP contribution in [0.5, 0.6) is 5.75 Å². The first kappa shape index (κ1) is 13.1. The van der Waals surface area contributed by atoms with Crippen LogP contribution >= 0.6 is 0 Å². The van der Waals surface area contributed by atoms with E-state index < -0.39 is 0 Å². The standard InChI is InChI=1S/C14H17N3O2/c1-4-17-14(18)11(15)8-12(16-17)10-7-9(2)5-6-13(10)19-3/h5-8H,4,15H2,1-3H3. The van der Waals surface area contributed by atoms with Gasteiger partial charge >= 0.3 is 0 Å². The number of nitrogens with zero attached hydrogens (tertiary/aromatic N) is 2. The lowest BCUT2D eigenvalue weighted by Crippen LogP contribution is -2.25. The Balaban J connectivity index is 2.68. The van der Waals surface area contributed by atoms with E-state index in [1.54, 1.807) is 13.2 Å². The lowest BCUT2D eigenvalue weighted by Gasteiger charge is -2.11. The van der Waals surface area contributed by atoms with Crippen LogP contribution in [0.3, 0.4) is 0 Å². The largest absolute Gasteiger partial charge is 0.496 e. The van der Waals surface area contributed by atoms with Gasteiger partial charge in [-0.15, -0.1) is 0 Å².